The zero-order valence-electron chi connectivity index (χ0n) is 36.4. The average molecular weight is 1010 g/mol. The number of benzene rings is 4. The number of anilines is 2. The number of ether oxygens (including phenoxy) is 2. The smallest absolute Gasteiger partial charge is 0.406 e. The predicted octanol–water partition coefficient (Wildman–Crippen LogP) is 10.0. The number of aryl methyl sites for hydroxylation is 3. The highest BCUT2D eigenvalue weighted by Crippen LogP contribution is 2.34. The van der Waals surface area contributed by atoms with Gasteiger partial charge in [-0.25, -0.2) is 26.8 Å². The predicted molar refractivity (Wildman–Crippen MR) is 247 cm³/mol. The van der Waals surface area contributed by atoms with E-state index in [-0.39, 0.29) is 36.0 Å². The number of nitrogens with zero attached hydrogens (tertiary/aromatic N) is 6. The molecule has 2 fully saturated rings. The van der Waals surface area contributed by atoms with Crippen molar-refractivity contribution in [1.82, 2.24) is 18.6 Å². The van der Waals surface area contributed by atoms with Crippen LogP contribution in [0.1, 0.15) is 30.0 Å². The van der Waals surface area contributed by atoms with Crippen molar-refractivity contribution < 1.29 is 52.7 Å². The summed E-state index contributed by atoms with van der Waals surface area (Å²) in [6.45, 7) is 9.13. The van der Waals surface area contributed by atoms with Gasteiger partial charge in [0, 0.05) is 74.2 Å². The van der Waals surface area contributed by atoms with Crippen LogP contribution in [0.15, 0.2) is 112 Å². The van der Waals surface area contributed by atoms with E-state index in [2.05, 4.69) is 40.7 Å². The highest BCUT2D eigenvalue weighted by atomic mass is 32.2. The second kappa shape index (κ2) is 20.5. The molecule has 67 heavy (non-hydrogen) atoms. The molecule has 0 unspecified atom stereocenters. The zero-order chi connectivity index (χ0) is 48.1. The third-order valence-electron chi connectivity index (χ3n) is 10.9. The van der Waals surface area contributed by atoms with Crippen molar-refractivity contribution in [1.29, 1.82) is 0 Å². The lowest BCUT2D eigenvalue weighted by molar-refractivity contribution is -0.275. The van der Waals surface area contributed by atoms with Crippen molar-refractivity contribution in [2.45, 2.75) is 56.1 Å². The summed E-state index contributed by atoms with van der Waals surface area (Å²) < 4.78 is 136. The first-order chi connectivity index (χ1) is 31.7. The molecule has 8 rings (SSSR count). The van der Waals surface area contributed by atoms with Crippen LogP contribution in [0.2, 0.25) is 0 Å². The zero-order valence-corrected chi connectivity index (χ0v) is 39.7. The van der Waals surface area contributed by atoms with Crippen LogP contribution < -0.4 is 19.3 Å². The van der Waals surface area contributed by atoms with E-state index in [1.807, 2.05) is 52.6 Å². The van der Waals surface area contributed by atoms with Crippen molar-refractivity contribution in [3.05, 3.63) is 118 Å². The minimum absolute atomic E-state index is 0.0708. The molecule has 0 N–H and O–H groups in total. The Morgan fingerprint density at radius 1 is 0.567 bits per heavy atom. The van der Waals surface area contributed by atoms with Crippen LogP contribution in [0.3, 0.4) is 0 Å². The maximum absolute atomic E-state index is 12.9. The molecule has 2 aliphatic heterocycles. The largest absolute Gasteiger partial charge is 0.573 e. The summed E-state index contributed by atoms with van der Waals surface area (Å²) in [4.78, 5) is 13.5. The van der Waals surface area contributed by atoms with Gasteiger partial charge in [-0.05, 0) is 85.5 Å². The van der Waals surface area contributed by atoms with Gasteiger partial charge in [0.2, 0.25) is 20.0 Å². The van der Waals surface area contributed by atoms with E-state index in [0.29, 0.717) is 26.2 Å². The van der Waals surface area contributed by atoms with Crippen LogP contribution in [0.25, 0.3) is 22.5 Å². The maximum Gasteiger partial charge on any atom is 0.573 e. The van der Waals surface area contributed by atoms with Gasteiger partial charge in [-0.3, -0.25) is 0 Å². The average Bonchev–Trinajstić information content (AvgIpc) is 3.98. The van der Waals surface area contributed by atoms with E-state index >= 15 is 0 Å². The Hall–Kier alpha value is -5.26. The van der Waals surface area contributed by atoms with E-state index in [9.17, 15) is 43.2 Å². The maximum atomic E-state index is 12.9. The first-order valence-corrected chi connectivity index (χ1v) is 25.6. The molecule has 6 aromatic rings. The van der Waals surface area contributed by atoms with E-state index in [4.69, 9.17) is 9.97 Å². The number of hydrogen-bond donors (Lipinski definition) is 0. The van der Waals surface area contributed by atoms with Crippen LogP contribution >= 0.6 is 22.7 Å². The Morgan fingerprint density at radius 2 is 0.970 bits per heavy atom. The van der Waals surface area contributed by atoms with Crippen LogP contribution in [0.5, 0.6) is 11.5 Å². The minimum Gasteiger partial charge on any atom is -0.406 e. The molecule has 0 saturated carbocycles. The summed E-state index contributed by atoms with van der Waals surface area (Å²) in [6.07, 6.45) is -7.52. The fraction of sp³-hybridized carbons (Fsp3) is 0.333. The Labute approximate surface area is 393 Å². The van der Waals surface area contributed by atoms with E-state index < -0.39 is 44.3 Å². The minimum atomic E-state index is -4.83. The van der Waals surface area contributed by atoms with Crippen molar-refractivity contribution in [2.24, 2.45) is 0 Å². The van der Waals surface area contributed by atoms with E-state index in [0.717, 1.165) is 105 Å². The lowest BCUT2D eigenvalue weighted by atomic mass is 10.0. The molecule has 0 atom stereocenters. The van der Waals surface area contributed by atoms with Gasteiger partial charge >= 0.3 is 12.7 Å². The van der Waals surface area contributed by atoms with Crippen LogP contribution in [-0.2, 0) is 26.5 Å². The lowest BCUT2D eigenvalue weighted by Crippen LogP contribution is -2.48. The van der Waals surface area contributed by atoms with Crippen LogP contribution in [0.4, 0.5) is 36.6 Å². The van der Waals surface area contributed by atoms with E-state index in [1.54, 1.807) is 0 Å². The first kappa shape index (κ1) is 49.6. The lowest BCUT2D eigenvalue weighted by Gasteiger charge is -2.33. The second-order valence-corrected chi connectivity index (χ2v) is 21.1. The molecule has 0 bridgehead atoms. The van der Waals surface area contributed by atoms with Gasteiger partial charge in [0.1, 0.15) is 11.5 Å². The Morgan fingerprint density at radius 3 is 1.37 bits per heavy atom. The van der Waals surface area contributed by atoms with Gasteiger partial charge in [-0.1, -0.05) is 55.8 Å². The molecule has 0 aliphatic carbocycles. The summed E-state index contributed by atoms with van der Waals surface area (Å²) >= 11 is 3.04. The number of piperazine rings is 2. The van der Waals surface area contributed by atoms with Crippen molar-refractivity contribution in [3.8, 4) is 34.0 Å². The number of rotatable bonds is 12. The summed E-state index contributed by atoms with van der Waals surface area (Å²) in [6, 6.07) is 23.0. The molecule has 2 saturated heterocycles. The second-order valence-electron chi connectivity index (χ2n) is 15.6. The quantitative estimate of drug-likeness (QED) is 0.109. The van der Waals surface area contributed by atoms with Gasteiger partial charge in [0.05, 0.1) is 21.2 Å². The number of thiazole rings is 2. The van der Waals surface area contributed by atoms with Crippen molar-refractivity contribution in [2.75, 3.05) is 62.2 Å². The number of halogens is 6. The Kier molecular flexibility index (Phi) is 15.2. The molecule has 12 nitrogen and oxygen atoms in total. The molecule has 358 valence electrons. The van der Waals surface area contributed by atoms with Crippen molar-refractivity contribution in [3.63, 3.8) is 0 Å². The van der Waals surface area contributed by atoms with Gasteiger partial charge in [0.15, 0.2) is 10.3 Å². The Balaban J connectivity index is 0.000000199. The molecule has 4 heterocycles. The fourth-order valence-corrected chi connectivity index (χ4v) is 12.2. The third-order valence-corrected chi connectivity index (χ3v) is 16.5. The summed E-state index contributed by atoms with van der Waals surface area (Å²) in [5.74, 6) is -0.925. The normalized spacial score (nSPS) is 15.5. The Bertz CT molecular complexity index is 2800. The summed E-state index contributed by atoms with van der Waals surface area (Å²) in [5.41, 5.74) is 7.53. The molecule has 0 spiro atoms. The topological polar surface area (TPSA) is 125 Å². The summed E-state index contributed by atoms with van der Waals surface area (Å²) in [7, 11) is -7.65. The highest BCUT2D eigenvalue weighted by Gasteiger charge is 2.34. The molecule has 2 aromatic heterocycles. The molecule has 0 radical (unpaired) electrons. The van der Waals surface area contributed by atoms with Crippen molar-refractivity contribution >= 4 is 53.0 Å². The highest BCUT2D eigenvalue weighted by molar-refractivity contribution is 7.89. The molecule has 22 heteroatoms. The molecule has 4 aromatic carbocycles. The van der Waals surface area contributed by atoms with E-state index in [1.165, 1.54) is 36.8 Å². The molecular formula is C45H46F6N6O6S4. The molecular weight excluding hydrogens is 963 g/mol. The first-order valence-electron chi connectivity index (χ1n) is 21.0. The number of aromatic nitrogens is 2. The van der Waals surface area contributed by atoms with Gasteiger partial charge in [0.25, 0.3) is 0 Å². The number of alkyl halides is 6. The fourth-order valence-electron chi connectivity index (χ4n) is 7.58. The summed E-state index contributed by atoms with van der Waals surface area (Å²) in [5, 5.41) is 5.67. The van der Waals surface area contributed by atoms with Gasteiger partial charge in [-0.2, -0.15) is 8.61 Å². The van der Waals surface area contributed by atoms with Gasteiger partial charge < -0.3 is 19.3 Å². The van der Waals surface area contributed by atoms with Gasteiger partial charge in [-0.15, -0.1) is 49.0 Å². The molecule has 0 amide bonds. The van der Waals surface area contributed by atoms with Crippen LogP contribution in [0, 0.1) is 13.8 Å². The monoisotopic (exact) mass is 1010 g/mol. The molecule has 2 aliphatic rings. The standard InChI is InChI=1S/C23H24F3N3O3S2.C22H22F3N3O3S2/c1-2-3-17-4-6-18(7-5-17)21-16-33-22(27-21)28-12-14-29(15-13-28)34(30,31)20-10-8-19(9-11-20)32-23(24,25)26;1-15-4-3-5-16(2)20(15)19-14-32-21(26-19)27-10-12-28(13-11-27)33(29,30)18-8-6-17(7-9-18)31-22(23,24)25/h4-11,16H,2-3,12-15H2,1H3;3-9,14H,10-13H2,1-2H3. The third kappa shape index (κ3) is 12.5. The SMILES string of the molecule is CCCc1ccc(-c2csc(N3CCN(S(=O)(=O)c4ccc(OC(F)(F)F)cc4)CC3)n2)cc1.Cc1cccc(C)c1-c1csc(N2CCN(S(=O)(=O)c3ccc(OC(F)(F)F)cc3)CC2)n1. The number of hydrogen-bond acceptors (Lipinski definition) is 12. The number of sulfonamides is 2. The van der Waals surface area contributed by atoms with Crippen LogP contribution in [-0.4, -0.2) is 100 Å².